The number of aliphatic hydroxyl groups excluding tert-OH is 4. The van der Waals surface area contributed by atoms with Gasteiger partial charge in [-0.25, -0.2) is 9.80 Å². The van der Waals surface area contributed by atoms with E-state index in [1.165, 1.54) is 69.1 Å². The number of ketones is 1. The minimum atomic E-state index is -2.16. The normalized spacial score (nSPS) is 33.0. The van der Waals surface area contributed by atoms with Crippen LogP contribution in [-0.4, -0.2) is 254 Å². The first-order valence-corrected chi connectivity index (χ1v) is 35.5. The molecule has 6 aliphatic rings. The summed E-state index contributed by atoms with van der Waals surface area (Å²) in [5.41, 5.74) is 3.27. The maximum absolute atomic E-state index is 14.5. The van der Waals surface area contributed by atoms with E-state index in [4.69, 9.17) is 61.7 Å². The molecule has 1 unspecified atom stereocenters. The maximum Gasteiger partial charge on any atom is 0.411 e. The Balaban J connectivity index is 1.14. The van der Waals surface area contributed by atoms with E-state index >= 15 is 0 Å². The highest BCUT2D eigenvalue weighted by molar-refractivity contribution is 14.1. The number of thioether (sulfide) groups is 1. The second kappa shape index (κ2) is 35.3. The molecule has 534 valence electrons. The number of amides is 3. The van der Waals surface area contributed by atoms with Gasteiger partial charge in [-0.1, -0.05) is 77.0 Å². The van der Waals surface area contributed by atoms with Crippen LogP contribution in [0.1, 0.15) is 90.1 Å². The lowest BCUT2D eigenvalue weighted by Crippen LogP contribution is -2.65. The van der Waals surface area contributed by atoms with Crippen molar-refractivity contribution in [3.8, 4) is 40.9 Å². The number of aliphatic hydroxyl groups is 5. The summed E-state index contributed by atoms with van der Waals surface area (Å²) >= 11 is 2.79. The average Bonchev–Trinajstić information content (AvgIpc) is 0.761. The van der Waals surface area contributed by atoms with Crippen molar-refractivity contribution in [2.45, 2.75) is 196 Å². The van der Waals surface area contributed by atoms with Gasteiger partial charge < -0.3 is 87.3 Å². The number of methoxy groups -OCH3 is 5. The van der Waals surface area contributed by atoms with Gasteiger partial charge in [0.25, 0.3) is 0 Å². The van der Waals surface area contributed by atoms with Gasteiger partial charge in [-0.2, -0.15) is 5.48 Å². The van der Waals surface area contributed by atoms with Gasteiger partial charge in [0.2, 0.25) is 29.0 Å². The van der Waals surface area contributed by atoms with Crippen LogP contribution in [0.15, 0.2) is 35.1 Å². The Kier molecular flexibility index (Phi) is 29.0. The largest absolute Gasteiger partial charge is 0.492 e. The lowest BCUT2D eigenvalue weighted by molar-refractivity contribution is -0.337. The van der Waals surface area contributed by atoms with E-state index in [1.807, 2.05) is 43.4 Å². The van der Waals surface area contributed by atoms with Crippen LogP contribution in [0.3, 0.4) is 0 Å². The molecule has 1 aromatic rings. The van der Waals surface area contributed by atoms with Crippen LogP contribution in [-0.2, 0) is 61.9 Å². The zero-order valence-electron chi connectivity index (χ0n) is 56.4. The molecule has 4 fully saturated rings. The number of fused-ring (bicyclic) bond motifs is 2. The predicted octanol–water partition coefficient (Wildman–Crippen LogP) is 3.19. The lowest BCUT2D eigenvalue weighted by Gasteiger charge is -2.47. The van der Waals surface area contributed by atoms with Crippen molar-refractivity contribution in [1.82, 2.24) is 26.1 Å². The first-order chi connectivity index (χ1) is 45.5. The van der Waals surface area contributed by atoms with Crippen molar-refractivity contribution >= 4 is 84.7 Å². The molecule has 28 nitrogen and oxygen atoms in total. The summed E-state index contributed by atoms with van der Waals surface area (Å²) in [5, 5.41) is 61.5. The third kappa shape index (κ3) is 19.0. The number of carbonyl (C=O) groups is 5. The van der Waals surface area contributed by atoms with Crippen LogP contribution in [0, 0.1) is 39.6 Å². The van der Waals surface area contributed by atoms with Crippen LogP contribution >= 0.6 is 55.9 Å². The average molecular weight is 1520 g/mol. The van der Waals surface area contributed by atoms with Gasteiger partial charge in [0.1, 0.15) is 36.6 Å². The molecule has 96 heavy (non-hydrogen) atoms. The summed E-state index contributed by atoms with van der Waals surface area (Å²) in [6, 6.07) is -1.68. The van der Waals surface area contributed by atoms with E-state index in [0.29, 0.717) is 21.4 Å². The van der Waals surface area contributed by atoms with Gasteiger partial charge in [-0.05, 0) is 80.3 Å². The summed E-state index contributed by atoms with van der Waals surface area (Å²) in [5.74, 6) is 11.3. The third-order valence-corrected chi connectivity index (χ3v) is 22.1. The number of Topliss-reactive ketones (excluding diaryl/α,β-unsaturated/α-hetero) is 1. The number of nitrogens with zero attached hydrogens (tertiary/aromatic N) is 2. The number of likely N-dealkylation sites (N-methyl/N-ethyl adjacent to an activating group) is 1. The first kappa shape index (κ1) is 79.0. The molecule has 0 radical (unpaired) electrons. The molecule has 19 atom stereocenters. The molecule has 8 N–H and O–H groups in total. The molecule has 0 aromatic heterocycles. The number of halogens is 1. The summed E-state index contributed by atoms with van der Waals surface area (Å²) < 4.78 is 73.0. The van der Waals surface area contributed by atoms with Gasteiger partial charge in [0.15, 0.2) is 41.8 Å². The molecule has 0 spiro atoms. The van der Waals surface area contributed by atoms with Crippen LogP contribution < -0.4 is 30.4 Å². The molecule has 7 rings (SSSR count). The summed E-state index contributed by atoms with van der Waals surface area (Å²) in [7, 11) is 13.0. The highest BCUT2D eigenvalue weighted by Crippen LogP contribution is 2.49. The van der Waals surface area contributed by atoms with Crippen molar-refractivity contribution in [1.29, 1.82) is 0 Å². The standard InChI is InChI=1S/C64H90IN5O23S3/c1-16-70(35(6)71)37-29-86-43(26-41(37)81-11)91-56-51(76)48(68-93-44-25-38(72)58(34(5)87-44)96-59(78)45-31(2)47(65)54(57(84-14)53(45)82-12)92-60-52(77)55(83-13)50(75)33(4)89-60)32(3)88-61(56)90-40-21-19-17-18-20-23-64(80)27-39(73)49(66-62(79)85-15)46(40)36(64)22-24-94-95-30-63(7,8)28-42(74)67-69(9)10/h17-18,22,32-34,37-38,40-41,43-44,48,50-52,55-56,58,60-61,68,72,75-77,80H,16,24-30H2,1-15H3,(H,66,79)(H,67,74)/b18-17-,36-22-/t32-,33+,34-,37+,38+,40+,41+,43+,44+,48?,50+,51+,52-,55-,56-,58-,60+,61+,64+/m1/s1. The molecule has 4 aliphatic heterocycles. The molecular formula is C64H90IN5O23S3. The summed E-state index contributed by atoms with van der Waals surface area (Å²) in [4.78, 5) is 75.3. The minimum Gasteiger partial charge on any atom is -0.492 e. The molecule has 0 saturated carbocycles. The number of ether oxygens (including phenoxy) is 12. The Labute approximate surface area is 585 Å². The van der Waals surface area contributed by atoms with E-state index in [9.17, 15) is 49.5 Å². The molecule has 4 saturated heterocycles. The minimum absolute atomic E-state index is 0.00661. The highest BCUT2D eigenvalue weighted by Gasteiger charge is 2.52. The Morgan fingerprint density at radius 1 is 0.865 bits per heavy atom. The highest BCUT2D eigenvalue weighted by atomic mass is 127. The van der Waals surface area contributed by atoms with E-state index in [-0.39, 0.29) is 83.1 Å². The molecule has 2 bridgehead atoms. The zero-order chi connectivity index (χ0) is 70.7. The van der Waals surface area contributed by atoms with Crippen LogP contribution in [0.4, 0.5) is 4.79 Å². The van der Waals surface area contributed by atoms with Crippen molar-refractivity contribution in [2.24, 2.45) is 5.41 Å². The second-order valence-electron chi connectivity index (χ2n) is 24.6. The van der Waals surface area contributed by atoms with E-state index in [0.717, 1.165) is 18.9 Å². The van der Waals surface area contributed by atoms with Crippen molar-refractivity contribution in [3.63, 3.8) is 0 Å². The predicted molar refractivity (Wildman–Crippen MR) is 361 cm³/mol. The fourth-order valence-corrected chi connectivity index (χ4v) is 16.3. The second-order valence-corrected chi connectivity index (χ2v) is 29.3. The van der Waals surface area contributed by atoms with Crippen molar-refractivity contribution < 1.29 is 111 Å². The van der Waals surface area contributed by atoms with E-state index in [1.54, 1.807) is 57.8 Å². The van der Waals surface area contributed by atoms with Crippen molar-refractivity contribution in [2.75, 3.05) is 74.3 Å². The van der Waals surface area contributed by atoms with Gasteiger partial charge in [0, 0.05) is 83.7 Å². The molecule has 32 heteroatoms. The smallest absolute Gasteiger partial charge is 0.411 e. The number of allylic oxidation sites excluding steroid dienone is 3. The third-order valence-electron chi connectivity index (χ3n) is 16.8. The van der Waals surface area contributed by atoms with Crippen LogP contribution in [0.2, 0.25) is 0 Å². The number of carbonyl (C=O) groups excluding carboxylic acids is 5. The number of hydrazine groups is 1. The fourth-order valence-electron chi connectivity index (χ4n) is 12.0. The number of nitrogens with one attached hydrogen (secondary N) is 3. The molecule has 1 aromatic carbocycles. The summed E-state index contributed by atoms with van der Waals surface area (Å²) in [6.07, 6.45) is -15.1. The number of alkyl carbamates (subject to hydrolysis) is 1. The van der Waals surface area contributed by atoms with Gasteiger partial charge in [-0.15, -0.1) is 0 Å². The molecular weight excluding hydrogens is 1430 g/mol. The number of hydrogen-bond donors (Lipinski definition) is 8. The molecule has 2 aliphatic carbocycles. The molecule has 4 heterocycles. The number of hydrogen-bond acceptors (Lipinski definition) is 28. The van der Waals surface area contributed by atoms with Gasteiger partial charge in [0.05, 0.1) is 97.0 Å². The number of benzene rings is 1. The van der Waals surface area contributed by atoms with Crippen LogP contribution in [0.25, 0.3) is 0 Å². The SMILES string of the molecule is CCN(C(C)=O)[C@H]1CO[C@@H](O[C@H]2[C@H](O[C@H]3C#C/C=C\C#C[C@]4(O)CC(=O)C(NC(=O)OC)=C3/C4=C/CSSCC(C)(C)CC(=O)NN(C)C)O[C@H](C)C(NO[C@H]3C[C@H](O)[C@H](SC(=O)c4c(C)c(I)c(O[C@@H]5O[C@@H](C)[C@H](O)[C@@H](OC)[C@H]5O)c(OC)c4OC)[C@@H](C)O3)[C@@H]2O)C[C@@H]1OC. The fraction of sp³-hybridized carbons (Fsp3) is 0.672. The van der Waals surface area contributed by atoms with Crippen molar-refractivity contribution in [3.05, 3.63) is 49.8 Å². The Hall–Kier alpha value is -4.35. The zero-order valence-corrected chi connectivity index (χ0v) is 61.0. The number of rotatable bonds is 26. The monoisotopic (exact) mass is 1520 g/mol. The Bertz CT molecular complexity index is 3160. The Morgan fingerprint density at radius 3 is 2.20 bits per heavy atom. The lowest BCUT2D eigenvalue weighted by atomic mass is 9.75. The first-order valence-electron chi connectivity index (χ1n) is 31.1. The maximum atomic E-state index is 14.5. The van der Waals surface area contributed by atoms with Gasteiger partial charge >= 0.3 is 6.09 Å². The van der Waals surface area contributed by atoms with E-state index < -0.39 is 144 Å². The quantitative estimate of drug-likeness (QED) is 0.0217. The van der Waals surface area contributed by atoms with E-state index in [2.05, 4.69) is 39.9 Å². The van der Waals surface area contributed by atoms with Gasteiger partial charge in [-0.3, -0.25) is 34.8 Å². The number of hydroxylamine groups is 1. The molecule has 3 amide bonds. The summed E-state index contributed by atoms with van der Waals surface area (Å²) in [6.45, 7) is 14.1. The topological polar surface area (TPSA) is 349 Å². The van der Waals surface area contributed by atoms with Crippen LogP contribution in [0.5, 0.6) is 17.2 Å². The Morgan fingerprint density at radius 2 is 1.56 bits per heavy atom.